The van der Waals surface area contributed by atoms with Crippen LogP contribution in [-0.2, 0) is 9.30 Å². The van der Waals surface area contributed by atoms with Gasteiger partial charge in [0.2, 0.25) is 0 Å². The normalized spacial score (nSPS) is 9.35. The maximum absolute atomic E-state index is 9.03. The average molecular weight is 563 g/mol. The Morgan fingerprint density at radius 3 is 0.730 bits per heavy atom. The number of allylic oxidation sites excluding steroid dienone is 5. The van der Waals surface area contributed by atoms with Crippen molar-refractivity contribution < 1.29 is 54.6 Å². The van der Waals surface area contributed by atoms with Crippen LogP contribution in [0.15, 0.2) is 63.3 Å². The van der Waals surface area contributed by atoms with Gasteiger partial charge in [0.25, 0.3) is 0 Å². The minimum Gasteiger partial charge on any atom is -0.396 e. The summed E-state index contributed by atoms with van der Waals surface area (Å²) in [6, 6.07) is 0. The highest BCUT2D eigenvalue weighted by Gasteiger charge is 2.32. The summed E-state index contributed by atoms with van der Waals surface area (Å²) in [5.41, 5.74) is -2.32. The van der Waals surface area contributed by atoms with Crippen molar-refractivity contribution in [3.63, 3.8) is 0 Å². The molecule has 0 aliphatic carbocycles. The van der Waals surface area contributed by atoms with E-state index in [1.54, 1.807) is 30.4 Å². The smallest absolute Gasteiger partial charge is 0.396 e. The molecule has 0 spiro atoms. The van der Waals surface area contributed by atoms with Crippen LogP contribution >= 0.6 is 7.82 Å². The van der Waals surface area contributed by atoms with E-state index < -0.39 is 58.3 Å². The molecule has 0 aromatic heterocycles. The Kier molecular flexibility index (Phi) is 58.6. The van der Waals surface area contributed by atoms with E-state index >= 15 is 0 Å². The lowest BCUT2D eigenvalue weighted by Crippen LogP contribution is -2.43. The molecule has 0 fully saturated rings. The molecule has 0 atom stereocenters. The topological polar surface area (TPSA) is 208 Å². The average Bonchev–Trinajstić information content (AvgIpc) is 2.82. The lowest BCUT2D eigenvalue weighted by atomic mass is 9.91. The van der Waals surface area contributed by atoms with E-state index in [0.717, 1.165) is 0 Å². The first-order chi connectivity index (χ1) is 17.1. The largest absolute Gasteiger partial charge is 0.466 e. The molecule has 0 unspecified atom stereocenters. The zero-order chi connectivity index (χ0) is 31.4. The van der Waals surface area contributed by atoms with Gasteiger partial charge in [-0.15, -0.1) is 32.9 Å². The molecule has 0 aromatic rings. The Hall–Kier alpha value is -1.47. The minimum absolute atomic E-state index is 0.141. The summed E-state index contributed by atoms with van der Waals surface area (Å²) in [7, 11) is -4.64. The summed E-state index contributed by atoms with van der Waals surface area (Å²) < 4.78 is 14.0. The Morgan fingerprint density at radius 2 is 0.649 bits per heavy atom. The molecule has 226 valence electrons. The number of ether oxygens (including phenoxy) is 1. The van der Waals surface area contributed by atoms with E-state index in [-0.39, 0.29) is 13.2 Å². The molecule has 0 aliphatic rings. The first kappa shape index (κ1) is 52.0. The molecule has 0 rings (SSSR count). The molecule has 0 heterocycles. The van der Waals surface area contributed by atoms with Crippen molar-refractivity contribution in [3.8, 4) is 0 Å². The first-order valence-corrected chi connectivity index (χ1v) is 12.6. The number of rotatable bonds is 10. The number of aliphatic hydroxyl groups is 6. The molecule has 0 saturated heterocycles. The number of aliphatic hydroxyl groups excluding tert-OH is 6. The Labute approximate surface area is 224 Å². The lowest BCUT2D eigenvalue weighted by Gasteiger charge is -2.31. The Bertz CT molecular complexity index is 433. The highest BCUT2D eigenvalue weighted by Crippen LogP contribution is 2.25. The van der Waals surface area contributed by atoms with Gasteiger partial charge < -0.3 is 50.1 Å². The predicted molar refractivity (Wildman–Crippen MR) is 152 cm³/mol. The van der Waals surface area contributed by atoms with Crippen LogP contribution in [0.25, 0.3) is 0 Å². The molecule has 0 aromatic carbocycles. The first-order valence-electron chi connectivity index (χ1n) is 11.0. The van der Waals surface area contributed by atoms with Crippen LogP contribution in [0.4, 0.5) is 0 Å². The molecule has 9 N–H and O–H groups in total. The van der Waals surface area contributed by atoms with Gasteiger partial charge in [-0.3, -0.25) is 0 Å². The summed E-state index contributed by atoms with van der Waals surface area (Å²) in [6.45, 7) is 23.2. The van der Waals surface area contributed by atoms with E-state index in [4.69, 9.17) is 54.6 Å². The van der Waals surface area contributed by atoms with E-state index in [1.165, 1.54) is 0 Å². The zero-order valence-electron chi connectivity index (χ0n) is 23.4. The molecule has 12 heteroatoms. The van der Waals surface area contributed by atoms with Crippen LogP contribution in [0.1, 0.15) is 34.6 Å². The van der Waals surface area contributed by atoms with Crippen molar-refractivity contribution in [3.05, 3.63) is 63.3 Å². The SMILES string of the molecule is C=CC.C=CC.C=CC.C=CC.C=CC.O=P(O)(O)O.OCC(CO)(CO)COCC(CO)(CO)CO. The van der Waals surface area contributed by atoms with Crippen molar-refractivity contribution in [2.24, 2.45) is 10.8 Å². The van der Waals surface area contributed by atoms with Crippen molar-refractivity contribution in [1.29, 1.82) is 0 Å². The molecule has 0 bridgehead atoms. The van der Waals surface area contributed by atoms with Crippen molar-refractivity contribution >= 4 is 7.82 Å². The molecule has 0 radical (unpaired) electrons. The molecular formula is C25H55O11P. The molecule has 0 saturated carbocycles. The maximum Gasteiger partial charge on any atom is 0.466 e. The van der Waals surface area contributed by atoms with Crippen molar-refractivity contribution in [2.75, 3.05) is 52.9 Å². The number of hydrogen-bond donors (Lipinski definition) is 9. The van der Waals surface area contributed by atoms with Gasteiger partial charge in [-0.2, -0.15) is 0 Å². The maximum atomic E-state index is 9.03. The van der Waals surface area contributed by atoms with Crippen molar-refractivity contribution in [2.45, 2.75) is 34.6 Å². The van der Waals surface area contributed by atoms with E-state index in [9.17, 15) is 0 Å². The Morgan fingerprint density at radius 1 is 0.541 bits per heavy atom. The van der Waals surface area contributed by atoms with Gasteiger partial charge in [-0.1, -0.05) is 30.4 Å². The fraction of sp³-hybridized carbons (Fsp3) is 0.600. The zero-order valence-corrected chi connectivity index (χ0v) is 24.3. The summed E-state index contributed by atoms with van der Waals surface area (Å²) in [5, 5.41) is 54.2. The second kappa shape index (κ2) is 41.6. The van der Waals surface area contributed by atoms with Gasteiger partial charge in [0.05, 0.1) is 63.7 Å². The third-order valence-corrected chi connectivity index (χ3v) is 2.83. The van der Waals surface area contributed by atoms with Crippen LogP contribution in [0.5, 0.6) is 0 Å². The summed E-state index contributed by atoms with van der Waals surface area (Å²) >= 11 is 0. The van der Waals surface area contributed by atoms with Gasteiger partial charge in [0, 0.05) is 0 Å². The standard InChI is InChI=1S/C10H22O7.5C3H6.H3O4P/c11-1-9(2-12,3-13)7-17-8-10(4-14,5-15)6-16;5*1-3-2;1-5(2,3)4/h11-16H,1-8H2;5*3H,1H2,2H3;(H3,1,2,3,4). The summed E-state index contributed by atoms with van der Waals surface area (Å²) in [6.07, 6.45) is 8.75. The molecule has 11 nitrogen and oxygen atoms in total. The highest BCUT2D eigenvalue weighted by atomic mass is 31.2. The molecule has 37 heavy (non-hydrogen) atoms. The molecule has 0 aliphatic heterocycles. The van der Waals surface area contributed by atoms with Crippen LogP contribution < -0.4 is 0 Å². The van der Waals surface area contributed by atoms with E-state index in [0.29, 0.717) is 0 Å². The second-order valence-corrected chi connectivity index (χ2v) is 8.02. The third-order valence-electron chi connectivity index (χ3n) is 2.83. The Balaban J connectivity index is -0.0000000731. The molecular weight excluding hydrogens is 507 g/mol. The van der Waals surface area contributed by atoms with Crippen LogP contribution in [0.2, 0.25) is 0 Å². The quantitative estimate of drug-likeness (QED) is 0.139. The van der Waals surface area contributed by atoms with E-state index in [2.05, 4.69) is 32.9 Å². The number of hydrogen-bond acceptors (Lipinski definition) is 8. The second-order valence-electron chi connectivity index (χ2n) is 7.00. The van der Waals surface area contributed by atoms with Crippen LogP contribution in [-0.4, -0.2) is 98.2 Å². The van der Waals surface area contributed by atoms with Crippen molar-refractivity contribution in [1.82, 2.24) is 0 Å². The van der Waals surface area contributed by atoms with Gasteiger partial charge in [-0.05, 0) is 34.6 Å². The lowest BCUT2D eigenvalue weighted by molar-refractivity contribution is -0.103. The number of phosphoric acid groups is 1. The fourth-order valence-electron chi connectivity index (χ4n) is 1.06. The third kappa shape index (κ3) is 60.7. The van der Waals surface area contributed by atoms with Gasteiger partial charge in [-0.25, -0.2) is 4.57 Å². The highest BCUT2D eigenvalue weighted by molar-refractivity contribution is 7.45. The van der Waals surface area contributed by atoms with Crippen LogP contribution in [0.3, 0.4) is 0 Å². The predicted octanol–water partition coefficient (Wildman–Crippen LogP) is 1.96. The van der Waals surface area contributed by atoms with Crippen LogP contribution in [0, 0.1) is 10.8 Å². The monoisotopic (exact) mass is 562 g/mol. The van der Waals surface area contributed by atoms with Gasteiger partial charge in [0.15, 0.2) is 0 Å². The van der Waals surface area contributed by atoms with Gasteiger partial charge in [0.1, 0.15) is 0 Å². The van der Waals surface area contributed by atoms with Gasteiger partial charge >= 0.3 is 7.82 Å². The molecule has 0 amide bonds. The van der Waals surface area contributed by atoms with E-state index in [1.807, 2.05) is 34.6 Å². The summed E-state index contributed by atoms with van der Waals surface area (Å²) in [4.78, 5) is 21.6. The summed E-state index contributed by atoms with van der Waals surface area (Å²) in [5.74, 6) is 0. The minimum atomic E-state index is -4.64. The fourth-order valence-corrected chi connectivity index (χ4v) is 1.06.